The number of hydrogen-bond donors (Lipinski definition) is 1. The first-order valence-corrected chi connectivity index (χ1v) is 8.87. The van der Waals surface area contributed by atoms with Crippen LogP contribution < -0.4 is 10.1 Å². The second-order valence-electron chi connectivity index (χ2n) is 6.82. The zero-order valence-electron chi connectivity index (χ0n) is 15.5. The normalized spacial score (nSPS) is 24.1. The standard InChI is InChI=1S/C20H28N2O3/c1-14(2)18-19(23)21-13-9-5-6-10-15(3)25-17-12-8-7-11-16(17)20(24)22(18)4/h5-8,11-12,14-15,18H,9-10,13H2,1-4H3,(H,21,23)/b6-5-/t15-,18+/m1/s1. The van der Waals surface area contributed by atoms with E-state index in [2.05, 4.69) is 17.5 Å². The van der Waals surface area contributed by atoms with Crippen LogP contribution in [0.3, 0.4) is 0 Å². The molecule has 5 heteroatoms. The number of ether oxygens (including phenoxy) is 1. The molecule has 1 aromatic carbocycles. The van der Waals surface area contributed by atoms with Crippen molar-refractivity contribution in [1.29, 1.82) is 0 Å². The van der Waals surface area contributed by atoms with Gasteiger partial charge in [0.15, 0.2) is 0 Å². The van der Waals surface area contributed by atoms with Gasteiger partial charge in [-0.2, -0.15) is 0 Å². The van der Waals surface area contributed by atoms with Gasteiger partial charge in [-0.25, -0.2) is 0 Å². The Hall–Kier alpha value is -2.30. The van der Waals surface area contributed by atoms with Crippen molar-refractivity contribution in [2.45, 2.75) is 45.8 Å². The van der Waals surface area contributed by atoms with Gasteiger partial charge < -0.3 is 15.0 Å². The molecule has 1 aliphatic rings. The van der Waals surface area contributed by atoms with E-state index in [4.69, 9.17) is 4.74 Å². The molecule has 1 N–H and O–H groups in total. The monoisotopic (exact) mass is 344 g/mol. The highest BCUT2D eigenvalue weighted by Gasteiger charge is 2.31. The molecule has 0 saturated carbocycles. The Morgan fingerprint density at radius 3 is 2.64 bits per heavy atom. The predicted molar refractivity (Wildman–Crippen MR) is 98.6 cm³/mol. The summed E-state index contributed by atoms with van der Waals surface area (Å²) in [4.78, 5) is 27.1. The quantitative estimate of drug-likeness (QED) is 0.797. The SMILES string of the molecule is CC(C)[C@H]1C(=O)NCC/C=C\C[C@@H](C)Oc2ccccc2C(=O)N1C. The summed E-state index contributed by atoms with van der Waals surface area (Å²) in [5, 5.41) is 2.94. The van der Waals surface area contributed by atoms with Crippen molar-refractivity contribution in [3.05, 3.63) is 42.0 Å². The van der Waals surface area contributed by atoms with E-state index in [9.17, 15) is 9.59 Å². The van der Waals surface area contributed by atoms with Crippen molar-refractivity contribution >= 4 is 11.8 Å². The molecule has 5 nitrogen and oxygen atoms in total. The topological polar surface area (TPSA) is 58.6 Å². The minimum atomic E-state index is -0.523. The third-order valence-electron chi connectivity index (χ3n) is 4.33. The molecule has 2 atom stereocenters. The van der Waals surface area contributed by atoms with E-state index >= 15 is 0 Å². The van der Waals surface area contributed by atoms with Crippen LogP contribution in [0.2, 0.25) is 0 Å². The van der Waals surface area contributed by atoms with Crippen LogP contribution in [-0.4, -0.2) is 42.5 Å². The highest BCUT2D eigenvalue weighted by atomic mass is 16.5. The molecule has 1 aromatic rings. The maximum atomic E-state index is 13.0. The summed E-state index contributed by atoms with van der Waals surface area (Å²) in [6, 6.07) is 6.69. The molecule has 0 bridgehead atoms. The molecule has 0 unspecified atom stereocenters. The number of carbonyl (C=O) groups excluding carboxylic acids is 2. The number of nitrogens with one attached hydrogen (secondary N) is 1. The number of rotatable bonds is 1. The average molecular weight is 344 g/mol. The number of carbonyl (C=O) groups is 2. The number of fused-ring (bicyclic) bond motifs is 1. The number of para-hydroxylation sites is 1. The molecule has 2 rings (SSSR count). The van der Waals surface area contributed by atoms with Crippen LogP contribution >= 0.6 is 0 Å². The second-order valence-corrected chi connectivity index (χ2v) is 6.82. The summed E-state index contributed by atoms with van der Waals surface area (Å²) >= 11 is 0. The van der Waals surface area contributed by atoms with Gasteiger partial charge in [0.2, 0.25) is 5.91 Å². The van der Waals surface area contributed by atoms with E-state index in [1.54, 1.807) is 19.2 Å². The molecule has 0 aliphatic carbocycles. The molecule has 25 heavy (non-hydrogen) atoms. The van der Waals surface area contributed by atoms with Gasteiger partial charge in [-0.1, -0.05) is 38.1 Å². The summed E-state index contributed by atoms with van der Waals surface area (Å²) in [5.41, 5.74) is 0.483. The predicted octanol–water partition coefficient (Wildman–Crippen LogP) is 3.02. The van der Waals surface area contributed by atoms with Crippen molar-refractivity contribution in [2.24, 2.45) is 5.92 Å². The van der Waals surface area contributed by atoms with E-state index in [1.165, 1.54) is 4.90 Å². The molecule has 0 saturated heterocycles. The van der Waals surface area contributed by atoms with Gasteiger partial charge in [0, 0.05) is 20.0 Å². The van der Waals surface area contributed by atoms with Gasteiger partial charge in [0.05, 0.1) is 11.7 Å². The largest absolute Gasteiger partial charge is 0.490 e. The summed E-state index contributed by atoms with van der Waals surface area (Å²) in [6.45, 7) is 6.44. The summed E-state index contributed by atoms with van der Waals surface area (Å²) in [6.07, 6.45) is 5.59. The van der Waals surface area contributed by atoms with Gasteiger partial charge in [-0.05, 0) is 31.4 Å². The molecule has 1 heterocycles. The van der Waals surface area contributed by atoms with Crippen LogP contribution in [0.1, 0.15) is 44.0 Å². The molecule has 0 spiro atoms. The molecule has 0 aromatic heterocycles. The van der Waals surface area contributed by atoms with Crippen LogP contribution in [0, 0.1) is 5.92 Å². The summed E-state index contributed by atoms with van der Waals surface area (Å²) in [7, 11) is 1.68. The fourth-order valence-corrected chi connectivity index (χ4v) is 3.04. The Morgan fingerprint density at radius 1 is 1.20 bits per heavy atom. The zero-order chi connectivity index (χ0) is 18.4. The Bertz CT molecular complexity index is 640. The summed E-state index contributed by atoms with van der Waals surface area (Å²) in [5.74, 6) is 0.233. The van der Waals surface area contributed by atoms with Gasteiger partial charge in [-0.3, -0.25) is 9.59 Å². The third kappa shape index (κ3) is 4.84. The molecular weight excluding hydrogens is 316 g/mol. The minimum Gasteiger partial charge on any atom is -0.490 e. The van der Waals surface area contributed by atoms with Gasteiger partial charge in [0.25, 0.3) is 5.91 Å². The van der Waals surface area contributed by atoms with E-state index in [0.717, 1.165) is 12.8 Å². The number of likely N-dealkylation sites (N-methyl/N-ethyl adjacent to an activating group) is 1. The van der Waals surface area contributed by atoms with Crippen LogP contribution in [0.5, 0.6) is 5.75 Å². The molecule has 136 valence electrons. The van der Waals surface area contributed by atoms with Gasteiger partial charge in [-0.15, -0.1) is 0 Å². The third-order valence-corrected chi connectivity index (χ3v) is 4.33. The first kappa shape index (κ1) is 19.0. The van der Waals surface area contributed by atoms with Crippen molar-refractivity contribution in [3.63, 3.8) is 0 Å². The maximum Gasteiger partial charge on any atom is 0.258 e. The Labute approximate surface area is 150 Å². The first-order valence-electron chi connectivity index (χ1n) is 8.87. The number of benzene rings is 1. The zero-order valence-corrected chi connectivity index (χ0v) is 15.5. The second kappa shape index (κ2) is 8.70. The number of nitrogens with zero attached hydrogens (tertiary/aromatic N) is 1. The summed E-state index contributed by atoms with van der Waals surface area (Å²) < 4.78 is 5.98. The molecule has 0 radical (unpaired) electrons. The average Bonchev–Trinajstić information content (AvgIpc) is 2.56. The Morgan fingerprint density at radius 2 is 1.92 bits per heavy atom. The van der Waals surface area contributed by atoms with Crippen molar-refractivity contribution in [3.8, 4) is 5.75 Å². The highest BCUT2D eigenvalue weighted by molar-refractivity contribution is 5.99. The van der Waals surface area contributed by atoms with E-state index in [-0.39, 0.29) is 23.8 Å². The lowest BCUT2D eigenvalue weighted by atomic mass is 10.0. The smallest absolute Gasteiger partial charge is 0.258 e. The van der Waals surface area contributed by atoms with Crippen molar-refractivity contribution in [2.75, 3.05) is 13.6 Å². The van der Waals surface area contributed by atoms with Gasteiger partial charge in [0.1, 0.15) is 11.8 Å². The minimum absolute atomic E-state index is 0.00408. The van der Waals surface area contributed by atoms with E-state index < -0.39 is 6.04 Å². The van der Waals surface area contributed by atoms with Crippen LogP contribution in [0.15, 0.2) is 36.4 Å². The highest BCUT2D eigenvalue weighted by Crippen LogP contribution is 2.24. The fourth-order valence-electron chi connectivity index (χ4n) is 3.04. The fraction of sp³-hybridized carbons (Fsp3) is 0.500. The van der Waals surface area contributed by atoms with Crippen molar-refractivity contribution < 1.29 is 14.3 Å². The molecule has 0 fully saturated rings. The molecular formula is C20H28N2O3. The lowest BCUT2D eigenvalue weighted by molar-refractivity contribution is -0.126. The van der Waals surface area contributed by atoms with Crippen LogP contribution in [0.4, 0.5) is 0 Å². The Kier molecular flexibility index (Phi) is 6.62. The van der Waals surface area contributed by atoms with Gasteiger partial charge >= 0.3 is 0 Å². The lowest BCUT2D eigenvalue weighted by Crippen LogP contribution is -2.50. The van der Waals surface area contributed by atoms with Crippen LogP contribution in [-0.2, 0) is 4.79 Å². The lowest BCUT2D eigenvalue weighted by Gasteiger charge is -2.31. The van der Waals surface area contributed by atoms with E-state index in [1.807, 2.05) is 32.9 Å². The van der Waals surface area contributed by atoms with Crippen molar-refractivity contribution in [1.82, 2.24) is 10.2 Å². The van der Waals surface area contributed by atoms with Crippen LogP contribution in [0.25, 0.3) is 0 Å². The number of hydrogen-bond acceptors (Lipinski definition) is 3. The molecule has 2 amide bonds. The number of amides is 2. The first-order chi connectivity index (χ1) is 11.9. The molecule has 1 aliphatic heterocycles. The Balaban J connectivity index is 2.39. The van der Waals surface area contributed by atoms with E-state index in [0.29, 0.717) is 17.9 Å². The maximum absolute atomic E-state index is 13.0.